The minimum absolute atomic E-state index is 0.115. The van der Waals surface area contributed by atoms with Gasteiger partial charge in [-0.15, -0.1) is 0 Å². The van der Waals surface area contributed by atoms with Crippen molar-refractivity contribution in [2.24, 2.45) is 0 Å². The van der Waals surface area contributed by atoms with E-state index in [2.05, 4.69) is 16.0 Å². The van der Waals surface area contributed by atoms with Crippen molar-refractivity contribution in [3.8, 4) is 0 Å². The van der Waals surface area contributed by atoms with E-state index >= 15 is 0 Å². The van der Waals surface area contributed by atoms with E-state index in [9.17, 15) is 38.0 Å². The third-order valence-corrected chi connectivity index (χ3v) is 11.4. The molecule has 3 aliphatic heterocycles. The van der Waals surface area contributed by atoms with E-state index < -0.39 is 89.6 Å². The number of hydrogen-bond acceptors (Lipinski definition) is 8. The molecule has 4 aliphatic rings. The molecule has 1 aromatic rings. The van der Waals surface area contributed by atoms with Crippen LogP contribution in [0.1, 0.15) is 96.5 Å². The largest absolute Gasteiger partial charge is 0.461 e. The van der Waals surface area contributed by atoms with Crippen LogP contribution < -0.4 is 16.0 Å². The van der Waals surface area contributed by atoms with Gasteiger partial charge in [-0.2, -0.15) is 0 Å². The molecule has 0 unspecified atom stereocenters. The van der Waals surface area contributed by atoms with Gasteiger partial charge in [-0.1, -0.05) is 57.2 Å². The highest BCUT2D eigenvalue weighted by atomic mass is 19.1. The Bertz CT molecular complexity index is 1650. The predicted molar refractivity (Wildman–Crippen MR) is 199 cm³/mol. The van der Waals surface area contributed by atoms with Crippen LogP contribution in [-0.2, 0) is 44.7 Å². The Morgan fingerprint density at radius 2 is 1.67 bits per heavy atom. The number of hydrogen-bond donors (Lipinski definition) is 3. The molecule has 1 aromatic carbocycles. The van der Waals surface area contributed by atoms with Gasteiger partial charge in [-0.05, 0) is 75.6 Å². The maximum absolute atomic E-state index is 14.5. The number of likely N-dealkylation sites (N-methyl/N-ethyl adjacent to an activating group) is 1. The van der Waals surface area contributed by atoms with E-state index in [-0.39, 0.29) is 19.5 Å². The summed E-state index contributed by atoms with van der Waals surface area (Å²) < 4.78 is 19.9. The lowest BCUT2D eigenvalue weighted by Gasteiger charge is -2.45. The predicted octanol–water partition coefficient (Wildman–Crippen LogP) is 2.29. The molecule has 0 bridgehead atoms. The third-order valence-electron chi connectivity index (χ3n) is 11.4. The maximum Gasteiger partial charge on any atom is 0.328 e. The second kappa shape index (κ2) is 18.7. The standard InChI is InChI=1S/C40H55FN6O8/c1-4-5-6-8-18-33(48)43-29(24-27-14-11-15-28(41)23-27)34(49)44-30-25-55-38(53)32-17-13-22-47(32)35(50)26(2)42-39(54)40(19-9-7-10-20-40)45(3)37(52)31-16-12-21-46(31)36(30)51/h8,11,14-15,18,23,26,29-32H,4-7,9-10,12-13,16-17,19-22,24-25H2,1-3H3,(H,42,54)(H,43,48)(H,44,49)/b18-8+/t26-,29-,30+,31-,32-/m0/s1. The zero-order chi connectivity index (χ0) is 39.7. The first kappa shape index (κ1) is 41.3. The number of rotatable bonds is 9. The minimum atomic E-state index is -1.48. The van der Waals surface area contributed by atoms with Crippen LogP contribution in [0, 0.1) is 5.82 Å². The number of ether oxygens (including phenoxy) is 1. The molecule has 4 fully saturated rings. The second-order valence-corrected chi connectivity index (χ2v) is 15.2. The van der Waals surface area contributed by atoms with Gasteiger partial charge in [-0.3, -0.25) is 28.8 Å². The van der Waals surface area contributed by atoms with Crippen LogP contribution in [0.2, 0.25) is 0 Å². The van der Waals surface area contributed by atoms with Crippen molar-refractivity contribution in [1.82, 2.24) is 30.7 Å². The Morgan fingerprint density at radius 3 is 2.36 bits per heavy atom. The summed E-state index contributed by atoms with van der Waals surface area (Å²) in [4.78, 5) is 101. The van der Waals surface area contributed by atoms with Gasteiger partial charge in [0.25, 0.3) is 0 Å². The van der Waals surface area contributed by atoms with E-state index in [1.165, 1.54) is 39.0 Å². The molecule has 14 nitrogen and oxygen atoms in total. The Morgan fingerprint density at radius 1 is 0.982 bits per heavy atom. The van der Waals surface area contributed by atoms with E-state index in [0.717, 1.165) is 19.3 Å². The smallest absolute Gasteiger partial charge is 0.328 e. The van der Waals surface area contributed by atoms with Gasteiger partial charge in [0.15, 0.2) is 0 Å². The number of nitrogens with one attached hydrogen (secondary N) is 3. The van der Waals surface area contributed by atoms with Crippen LogP contribution in [0.3, 0.4) is 0 Å². The van der Waals surface area contributed by atoms with Crippen molar-refractivity contribution in [3.05, 3.63) is 47.8 Å². The summed E-state index contributed by atoms with van der Waals surface area (Å²) in [5.41, 5.74) is -0.831. The van der Waals surface area contributed by atoms with Gasteiger partial charge in [0.1, 0.15) is 48.2 Å². The summed E-state index contributed by atoms with van der Waals surface area (Å²) in [6, 6.07) is -0.0713. The SMILES string of the molecule is CCCC/C=C/C(=O)N[C@@H](Cc1cccc(F)c1)C(=O)N[C@@H]1COC(=O)[C@@H]2CCCN2C(=O)[C@H](C)NC(=O)C2(CCCCC2)N(C)C(=O)[C@@H]2CCCN2C1=O. The topological polar surface area (TPSA) is 175 Å². The molecule has 55 heavy (non-hydrogen) atoms. The summed E-state index contributed by atoms with van der Waals surface area (Å²) in [6.07, 6.45) is 9.99. The Kier molecular flexibility index (Phi) is 14.0. The molecular weight excluding hydrogens is 711 g/mol. The van der Waals surface area contributed by atoms with Crippen molar-refractivity contribution in [2.75, 3.05) is 26.7 Å². The number of benzene rings is 1. The first-order chi connectivity index (χ1) is 26.4. The molecule has 0 radical (unpaired) electrons. The molecule has 3 heterocycles. The Labute approximate surface area is 321 Å². The molecular formula is C40H55FN6O8. The van der Waals surface area contributed by atoms with Gasteiger partial charge < -0.3 is 35.4 Å². The fourth-order valence-electron chi connectivity index (χ4n) is 8.24. The number of carbonyl (C=O) groups excluding carboxylic acids is 7. The van der Waals surface area contributed by atoms with Gasteiger partial charge in [-0.25, -0.2) is 9.18 Å². The van der Waals surface area contributed by atoms with Crippen LogP contribution >= 0.6 is 0 Å². The molecule has 300 valence electrons. The van der Waals surface area contributed by atoms with Crippen molar-refractivity contribution in [1.29, 1.82) is 0 Å². The molecule has 3 saturated heterocycles. The van der Waals surface area contributed by atoms with E-state index in [4.69, 9.17) is 4.74 Å². The summed E-state index contributed by atoms with van der Waals surface area (Å²) in [5.74, 6) is -4.69. The van der Waals surface area contributed by atoms with Crippen LogP contribution in [0.5, 0.6) is 0 Å². The highest BCUT2D eigenvalue weighted by Gasteiger charge is 2.50. The Balaban J connectivity index is 1.47. The quantitative estimate of drug-likeness (QED) is 0.195. The summed E-state index contributed by atoms with van der Waals surface area (Å²) >= 11 is 0. The van der Waals surface area contributed by atoms with Crippen LogP contribution in [-0.4, -0.2) is 119 Å². The van der Waals surface area contributed by atoms with Crippen molar-refractivity contribution in [2.45, 2.75) is 133 Å². The van der Waals surface area contributed by atoms with E-state index in [0.29, 0.717) is 63.4 Å². The highest BCUT2D eigenvalue weighted by Crippen LogP contribution is 2.35. The number of amides is 6. The summed E-state index contributed by atoms with van der Waals surface area (Å²) in [5, 5.41) is 8.20. The summed E-state index contributed by atoms with van der Waals surface area (Å²) in [7, 11) is 1.57. The molecule has 15 heteroatoms. The lowest BCUT2D eigenvalue weighted by molar-refractivity contribution is -0.160. The number of allylic oxidation sites excluding steroid dienone is 1. The third kappa shape index (κ3) is 9.71. The number of halogens is 1. The number of carbonyl (C=O) groups is 7. The number of nitrogens with zero attached hydrogens (tertiary/aromatic N) is 3. The number of cyclic esters (lactones) is 1. The van der Waals surface area contributed by atoms with Crippen LogP contribution in [0.4, 0.5) is 4.39 Å². The monoisotopic (exact) mass is 766 g/mol. The second-order valence-electron chi connectivity index (χ2n) is 15.2. The Hall–Kier alpha value is -4.82. The first-order valence-electron chi connectivity index (χ1n) is 19.7. The highest BCUT2D eigenvalue weighted by molar-refractivity contribution is 5.99. The molecule has 6 amide bonds. The maximum atomic E-state index is 14.5. The average Bonchev–Trinajstić information content (AvgIpc) is 3.87. The van der Waals surface area contributed by atoms with Gasteiger partial charge >= 0.3 is 5.97 Å². The minimum Gasteiger partial charge on any atom is -0.461 e. The first-order valence-corrected chi connectivity index (χ1v) is 19.7. The van der Waals surface area contributed by atoms with E-state index in [1.807, 2.05) is 6.92 Å². The van der Waals surface area contributed by atoms with Gasteiger partial charge in [0, 0.05) is 26.6 Å². The number of fused-ring (bicyclic) bond motifs is 2. The number of unbranched alkanes of at least 4 members (excludes halogenated alkanes) is 2. The fraction of sp³-hybridized carbons (Fsp3) is 0.625. The average molecular weight is 767 g/mol. The van der Waals surface area contributed by atoms with Gasteiger partial charge in [0.2, 0.25) is 35.4 Å². The molecule has 0 aromatic heterocycles. The van der Waals surface area contributed by atoms with Crippen molar-refractivity contribution in [3.63, 3.8) is 0 Å². The van der Waals surface area contributed by atoms with E-state index in [1.54, 1.807) is 26.1 Å². The molecule has 1 spiro atoms. The van der Waals surface area contributed by atoms with Gasteiger partial charge in [0.05, 0.1) is 0 Å². The van der Waals surface area contributed by atoms with Crippen LogP contribution in [0.25, 0.3) is 0 Å². The molecule has 1 saturated carbocycles. The van der Waals surface area contributed by atoms with Crippen molar-refractivity contribution >= 4 is 41.4 Å². The molecule has 5 atom stereocenters. The summed E-state index contributed by atoms with van der Waals surface area (Å²) in [6.45, 7) is 3.41. The number of esters is 1. The normalized spacial score (nSPS) is 25.7. The molecule has 1 aliphatic carbocycles. The van der Waals surface area contributed by atoms with Crippen LogP contribution in [0.15, 0.2) is 36.4 Å². The lowest BCUT2D eigenvalue weighted by atomic mass is 9.79. The molecule has 5 rings (SSSR count). The molecule has 3 N–H and O–H groups in total. The zero-order valence-electron chi connectivity index (χ0n) is 32.2. The fourth-order valence-corrected chi connectivity index (χ4v) is 8.24. The van der Waals surface area contributed by atoms with Crippen molar-refractivity contribution < 1.29 is 42.7 Å². The lowest BCUT2D eigenvalue weighted by Crippen LogP contribution is -2.65. The zero-order valence-corrected chi connectivity index (χ0v) is 32.2.